The van der Waals surface area contributed by atoms with Gasteiger partial charge in [0, 0.05) is 0 Å². The van der Waals surface area contributed by atoms with Crippen LogP contribution in [0.4, 0.5) is 0 Å². The molecule has 3 heteroatoms. The van der Waals surface area contributed by atoms with Crippen molar-refractivity contribution in [3.05, 3.63) is 0 Å². The molecule has 1 N–H and O–H groups in total. The summed E-state index contributed by atoms with van der Waals surface area (Å²) >= 11 is 0. The highest BCUT2D eigenvalue weighted by Gasteiger charge is 2.27. The van der Waals surface area contributed by atoms with E-state index in [0.717, 1.165) is 25.7 Å². The Kier molecular flexibility index (Phi) is 31.4. The standard InChI is InChI=1S/C39H79NO2/c1-5-9-13-17-18-19-20-21-22-23-24-25-26-27-32-38(39(41)42)33-31-37-40(34-28-14-10-6-2,35-29-15-11-7-3)36-30-16-12-8-4/h38H,5-37H2,1-4H3/p+1. The van der Waals surface area contributed by atoms with E-state index in [1.54, 1.807) is 0 Å². The predicted molar refractivity (Wildman–Crippen MR) is 187 cm³/mol. The van der Waals surface area contributed by atoms with Gasteiger partial charge in [0.2, 0.25) is 0 Å². The van der Waals surface area contributed by atoms with Crippen LogP contribution in [0.25, 0.3) is 0 Å². The summed E-state index contributed by atoms with van der Waals surface area (Å²) in [6.07, 6.45) is 37.9. The second-order valence-electron chi connectivity index (χ2n) is 14.0. The Bertz CT molecular complexity index is 517. The Morgan fingerprint density at radius 1 is 0.405 bits per heavy atom. The number of carbonyl (C=O) groups is 1. The second-order valence-corrected chi connectivity index (χ2v) is 14.0. The molecule has 0 rings (SSSR count). The van der Waals surface area contributed by atoms with Crippen molar-refractivity contribution in [1.29, 1.82) is 0 Å². The molecular formula is C39H80NO2+. The van der Waals surface area contributed by atoms with E-state index in [1.807, 2.05) is 0 Å². The lowest BCUT2D eigenvalue weighted by Gasteiger charge is -2.40. The van der Waals surface area contributed by atoms with Gasteiger partial charge in [-0.05, 0) is 57.8 Å². The first-order valence-corrected chi connectivity index (χ1v) is 19.6. The van der Waals surface area contributed by atoms with Crippen molar-refractivity contribution >= 4 is 5.97 Å². The largest absolute Gasteiger partial charge is 0.481 e. The molecule has 0 saturated heterocycles. The van der Waals surface area contributed by atoms with Crippen LogP contribution in [0.3, 0.4) is 0 Å². The van der Waals surface area contributed by atoms with E-state index in [1.165, 1.54) is 191 Å². The van der Waals surface area contributed by atoms with Gasteiger partial charge in [0.1, 0.15) is 0 Å². The lowest BCUT2D eigenvalue weighted by atomic mass is 9.95. The maximum absolute atomic E-state index is 12.1. The molecule has 0 aromatic rings. The lowest BCUT2D eigenvalue weighted by molar-refractivity contribution is -0.929. The van der Waals surface area contributed by atoms with Crippen molar-refractivity contribution in [3.63, 3.8) is 0 Å². The maximum atomic E-state index is 12.1. The third kappa shape index (κ3) is 25.9. The summed E-state index contributed by atoms with van der Waals surface area (Å²) in [6.45, 7) is 14.4. The third-order valence-electron chi connectivity index (χ3n) is 9.90. The van der Waals surface area contributed by atoms with E-state index in [9.17, 15) is 9.90 Å². The fraction of sp³-hybridized carbons (Fsp3) is 0.974. The third-order valence-corrected chi connectivity index (χ3v) is 9.90. The van der Waals surface area contributed by atoms with Crippen LogP contribution in [0.1, 0.15) is 214 Å². The van der Waals surface area contributed by atoms with E-state index in [-0.39, 0.29) is 5.92 Å². The molecule has 0 heterocycles. The minimum Gasteiger partial charge on any atom is -0.481 e. The zero-order valence-electron chi connectivity index (χ0n) is 29.7. The fourth-order valence-electron chi connectivity index (χ4n) is 6.94. The molecule has 42 heavy (non-hydrogen) atoms. The van der Waals surface area contributed by atoms with Gasteiger partial charge in [0.05, 0.1) is 32.1 Å². The number of carboxylic acid groups (broad SMARTS) is 1. The highest BCUT2D eigenvalue weighted by molar-refractivity contribution is 5.69. The van der Waals surface area contributed by atoms with Crippen molar-refractivity contribution in [1.82, 2.24) is 0 Å². The predicted octanol–water partition coefficient (Wildman–Crippen LogP) is 12.9. The monoisotopic (exact) mass is 595 g/mol. The number of carboxylic acids is 1. The maximum Gasteiger partial charge on any atom is 0.306 e. The van der Waals surface area contributed by atoms with Gasteiger partial charge in [0.25, 0.3) is 0 Å². The molecule has 0 aliphatic heterocycles. The van der Waals surface area contributed by atoms with Crippen LogP contribution in [-0.2, 0) is 4.79 Å². The molecule has 0 aliphatic rings. The van der Waals surface area contributed by atoms with E-state index in [2.05, 4.69) is 27.7 Å². The molecule has 0 saturated carbocycles. The summed E-state index contributed by atoms with van der Waals surface area (Å²) in [5.74, 6) is -0.680. The molecule has 252 valence electrons. The molecule has 3 nitrogen and oxygen atoms in total. The summed E-state index contributed by atoms with van der Waals surface area (Å²) in [6, 6.07) is 0. The highest BCUT2D eigenvalue weighted by atomic mass is 16.4. The molecule has 1 unspecified atom stereocenters. The smallest absolute Gasteiger partial charge is 0.306 e. The SMILES string of the molecule is CCCCCCCCCCCCCCCCC(CCC[N+](CCCCCC)(CCCCCC)CCCCCC)C(=O)O. The number of aliphatic carboxylic acids is 1. The zero-order valence-corrected chi connectivity index (χ0v) is 29.7. The van der Waals surface area contributed by atoms with Crippen LogP contribution in [0.5, 0.6) is 0 Å². The van der Waals surface area contributed by atoms with E-state index in [4.69, 9.17) is 0 Å². The van der Waals surface area contributed by atoms with E-state index >= 15 is 0 Å². The normalized spacial score (nSPS) is 12.7. The minimum atomic E-state index is -0.545. The van der Waals surface area contributed by atoms with Crippen LogP contribution >= 0.6 is 0 Å². The molecule has 0 fully saturated rings. The Labute approximate surface area is 266 Å². The number of nitrogens with zero attached hydrogens (tertiary/aromatic N) is 1. The van der Waals surface area contributed by atoms with Crippen LogP contribution in [0.2, 0.25) is 0 Å². The molecule has 0 radical (unpaired) electrons. The average Bonchev–Trinajstić information content (AvgIpc) is 2.98. The zero-order chi connectivity index (χ0) is 31.0. The average molecular weight is 595 g/mol. The van der Waals surface area contributed by atoms with Gasteiger partial charge >= 0.3 is 5.97 Å². The number of hydrogen-bond donors (Lipinski definition) is 1. The van der Waals surface area contributed by atoms with Crippen molar-refractivity contribution in [2.24, 2.45) is 5.92 Å². The van der Waals surface area contributed by atoms with Crippen molar-refractivity contribution in [2.75, 3.05) is 26.2 Å². The van der Waals surface area contributed by atoms with Crippen LogP contribution in [0, 0.1) is 5.92 Å². The first-order valence-electron chi connectivity index (χ1n) is 19.6. The Morgan fingerprint density at radius 2 is 0.667 bits per heavy atom. The second kappa shape index (κ2) is 31.8. The fourth-order valence-corrected chi connectivity index (χ4v) is 6.94. The van der Waals surface area contributed by atoms with Crippen molar-refractivity contribution in [2.45, 2.75) is 214 Å². The van der Waals surface area contributed by atoms with Gasteiger partial charge in [0.15, 0.2) is 0 Å². The Balaban J connectivity index is 4.49. The van der Waals surface area contributed by atoms with Crippen molar-refractivity contribution < 1.29 is 14.4 Å². The van der Waals surface area contributed by atoms with Gasteiger partial charge in [-0.1, -0.05) is 156 Å². The molecule has 0 bridgehead atoms. The van der Waals surface area contributed by atoms with Crippen LogP contribution in [0.15, 0.2) is 0 Å². The summed E-state index contributed by atoms with van der Waals surface area (Å²) < 4.78 is 1.27. The van der Waals surface area contributed by atoms with Gasteiger partial charge in [-0.2, -0.15) is 0 Å². The summed E-state index contributed by atoms with van der Waals surface area (Å²) in [5, 5.41) is 10.0. The quantitative estimate of drug-likeness (QED) is 0.0585. The molecule has 0 aliphatic carbocycles. The lowest BCUT2D eigenvalue weighted by Crippen LogP contribution is -2.51. The first-order chi connectivity index (χ1) is 20.5. The van der Waals surface area contributed by atoms with Crippen LogP contribution in [-0.4, -0.2) is 41.7 Å². The number of rotatable bonds is 35. The Hall–Kier alpha value is -0.570. The molecule has 0 spiro atoms. The summed E-state index contributed by atoms with van der Waals surface area (Å²) in [5.41, 5.74) is 0. The van der Waals surface area contributed by atoms with Gasteiger partial charge in [-0.3, -0.25) is 4.79 Å². The Morgan fingerprint density at radius 3 is 1.00 bits per heavy atom. The number of unbranched alkanes of at least 4 members (excludes halogenated alkanes) is 22. The molecule has 1 atom stereocenters. The molecule has 0 aromatic heterocycles. The van der Waals surface area contributed by atoms with Crippen LogP contribution < -0.4 is 0 Å². The molecule has 0 aromatic carbocycles. The molecule has 0 amide bonds. The van der Waals surface area contributed by atoms with Gasteiger partial charge in [-0.25, -0.2) is 0 Å². The van der Waals surface area contributed by atoms with Gasteiger partial charge < -0.3 is 9.59 Å². The summed E-state index contributed by atoms with van der Waals surface area (Å²) in [4.78, 5) is 12.1. The first kappa shape index (κ1) is 41.4. The number of hydrogen-bond acceptors (Lipinski definition) is 1. The molecular weight excluding hydrogens is 514 g/mol. The van der Waals surface area contributed by atoms with E-state index < -0.39 is 5.97 Å². The number of quaternary nitrogens is 1. The highest BCUT2D eigenvalue weighted by Crippen LogP contribution is 2.23. The van der Waals surface area contributed by atoms with E-state index in [0.29, 0.717) is 0 Å². The topological polar surface area (TPSA) is 37.3 Å². The van der Waals surface area contributed by atoms with Crippen molar-refractivity contribution in [3.8, 4) is 0 Å². The minimum absolute atomic E-state index is 0.135. The summed E-state index contributed by atoms with van der Waals surface area (Å²) in [7, 11) is 0. The van der Waals surface area contributed by atoms with Gasteiger partial charge in [-0.15, -0.1) is 0 Å².